The fourth-order valence-electron chi connectivity index (χ4n) is 1.16. The van der Waals surface area contributed by atoms with Gasteiger partial charge in [-0.25, -0.2) is 0 Å². The van der Waals surface area contributed by atoms with Crippen LogP contribution >= 0.6 is 12.2 Å². The summed E-state index contributed by atoms with van der Waals surface area (Å²) in [4.78, 5) is 11.7. The number of hydrogen-bond donors (Lipinski definition) is 2. The second-order valence-electron chi connectivity index (χ2n) is 3.81. The first-order chi connectivity index (χ1) is 8.09. The third kappa shape index (κ3) is 5.26. The van der Waals surface area contributed by atoms with Crippen LogP contribution in [0.25, 0.3) is 0 Å². The van der Waals surface area contributed by atoms with Crippen LogP contribution in [0.1, 0.15) is 24.2 Å². The summed E-state index contributed by atoms with van der Waals surface area (Å²) in [5.74, 6) is -0.194. The molecule has 0 aliphatic carbocycles. The second kappa shape index (κ2) is 6.81. The minimum Gasteiger partial charge on any atom is -0.359 e. The van der Waals surface area contributed by atoms with E-state index in [0.717, 1.165) is 0 Å². The zero-order valence-corrected chi connectivity index (χ0v) is 10.8. The summed E-state index contributed by atoms with van der Waals surface area (Å²) in [5, 5.41) is 5.90. The van der Waals surface area contributed by atoms with E-state index in [9.17, 15) is 4.79 Å². The molecule has 2 N–H and O–H groups in total. The molecule has 0 saturated carbocycles. The standard InChI is InChI=1S/C13H16N2OS/c1-10(2)8-9-14-13(17)15-12(16)11-6-4-3-5-7-11/h3-8H,9H2,1-2H3,(H2,14,15,16,17). The molecule has 0 heterocycles. The number of carbonyl (C=O) groups is 1. The van der Waals surface area contributed by atoms with E-state index in [0.29, 0.717) is 17.2 Å². The summed E-state index contributed by atoms with van der Waals surface area (Å²) in [6.07, 6.45) is 2.00. The lowest BCUT2D eigenvalue weighted by atomic mass is 10.2. The number of benzene rings is 1. The fourth-order valence-corrected chi connectivity index (χ4v) is 1.33. The Kier molecular flexibility index (Phi) is 5.36. The van der Waals surface area contributed by atoms with E-state index < -0.39 is 0 Å². The van der Waals surface area contributed by atoms with Crippen molar-refractivity contribution >= 4 is 23.2 Å². The monoisotopic (exact) mass is 248 g/mol. The van der Waals surface area contributed by atoms with E-state index in [-0.39, 0.29) is 5.91 Å². The van der Waals surface area contributed by atoms with Gasteiger partial charge in [-0.3, -0.25) is 10.1 Å². The first-order valence-corrected chi connectivity index (χ1v) is 5.78. The molecule has 0 atom stereocenters. The molecule has 0 saturated heterocycles. The zero-order valence-electron chi connectivity index (χ0n) is 9.99. The molecule has 90 valence electrons. The number of carbonyl (C=O) groups excluding carboxylic acids is 1. The molecule has 0 unspecified atom stereocenters. The Balaban J connectivity index is 2.42. The summed E-state index contributed by atoms with van der Waals surface area (Å²) in [5.41, 5.74) is 1.80. The van der Waals surface area contributed by atoms with E-state index >= 15 is 0 Å². The summed E-state index contributed by atoms with van der Waals surface area (Å²) in [6.45, 7) is 4.64. The van der Waals surface area contributed by atoms with Gasteiger partial charge in [0.2, 0.25) is 0 Å². The van der Waals surface area contributed by atoms with E-state index in [1.807, 2.05) is 38.1 Å². The predicted molar refractivity (Wildman–Crippen MR) is 73.9 cm³/mol. The molecule has 0 bridgehead atoms. The van der Waals surface area contributed by atoms with Crippen molar-refractivity contribution in [1.82, 2.24) is 10.6 Å². The van der Waals surface area contributed by atoms with Crippen LogP contribution in [0.3, 0.4) is 0 Å². The molecule has 0 aliphatic rings. The van der Waals surface area contributed by atoms with Crippen LogP contribution in [-0.2, 0) is 0 Å². The van der Waals surface area contributed by atoms with Gasteiger partial charge in [0, 0.05) is 12.1 Å². The third-order valence-electron chi connectivity index (χ3n) is 2.04. The van der Waals surface area contributed by atoms with Crippen molar-refractivity contribution in [3.63, 3.8) is 0 Å². The molecule has 4 heteroatoms. The zero-order chi connectivity index (χ0) is 12.7. The number of rotatable bonds is 3. The molecule has 17 heavy (non-hydrogen) atoms. The number of allylic oxidation sites excluding steroid dienone is 1. The van der Waals surface area contributed by atoms with Gasteiger partial charge < -0.3 is 5.32 Å². The summed E-state index contributed by atoms with van der Waals surface area (Å²) >= 11 is 5.01. The van der Waals surface area contributed by atoms with Gasteiger partial charge in [-0.1, -0.05) is 29.8 Å². The van der Waals surface area contributed by atoms with E-state index in [2.05, 4.69) is 10.6 Å². The Labute approximate surface area is 107 Å². The largest absolute Gasteiger partial charge is 0.359 e. The van der Waals surface area contributed by atoms with Crippen molar-refractivity contribution in [3.8, 4) is 0 Å². The SMILES string of the molecule is CC(C)=CCNC(=S)NC(=O)c1ccccc1. The Morgan fingerprint density at radius 1 is 1.29 bits per heavy atom. The smallest absolute Gasteiger partial charge is 0.257 e. The lowest BCUT2D eigenvalue weighted by molar-refractivity contribution is 0.0977. The van der Waals surface area contributed by atoms with Gasteiger partial charge in [0.15, 0.2) is 5.11 Å². The Bertz CT molecular complexity index is 422. The quantitative estimate of drug-likeness (QED) is 0.637. The average molecular weight is 248 g/mol. The lowest BCUT2D eigenvalue weighted by Crippen LogP contribution is -2.39. The molecular weight excluding hydrogens is 232 g/mol. The lowest BCUT2D eigenvalue weighted by Gasteiger charge is -2.07. The maximum atomic E-state index is 11.7. The van der Waals surface area contributed by atoms with Crippen LogP contribution in [0.2, 0.25) is 0 Å². The highest BCUT2D eigenvalue weighted by molar-refractivity contribution is 7.80. The van der Waals surface area contributed by atoms with Gasteiger partial charge in [-0.15, -0.1) is 0 Å². The van der Waals surface area contributed by atoms with Crippen molar-refractivity contribution in [2.45, 2.75) is 13.8 Å². The molecule has 0 fully saturated rings. The summed E-state index contributed by atoms with van der Waals surface area (Å²) in [7, 11) is 0. The predicted octanol–water partition coefficient (Wildman–Crippen LogP) is 2.26. The van der Waals surface area contributed by atoms with Crippen LogP contribution in [0.4, 0.5) is 0 Å². The molecule has 1 aromatic carbocycles. The molecule has 1 rings (SSSR count). The van der Waals surface area contributed by atoms with E-state index in [4.69, 9.17) is 12.2 Å². The van der Waals surface area contributed by atoms with E-state index in [1.165, 1.54) is 5.57 Å². The van der Waals surface area contributed by atoms with Gasteiger partial charge in [0.1, 0.15) is 0 Å². The Morgan fingerprint density at radius 2 is 1.94 bits per heavy atom. The van der Waals surface area contributed by atoms with Crippen molar-refractivity contribution in [2.75, 3.05) is 6.54 Å². The highest BCUT2D eigenvalue weighted by atomic mass is 32.1. The number of thiocarbonyl (C=S) groups is 1. The molecule has 0 aromatic heterocycles. The first kappa shape index (κ1) is 13.4. The molecule has 1 aromatic rings. The molecule has 3 nitrogen and oxygen atoms in total. The van der Waals surface area contributed by atoms with Crippen molar-refractivity contribution in [3.05, 3.63) is 47.5 Å². The topological polar surface area (TPSA) is 41.1 Å². The maximum Gasteiger partial charge on any atom is 0.257 e. The summed E-state index contributed by atoms with van der Waals surface area (Å²) in [6, 6.07) is 8.98. The fraction of sp³-hybridized carbons (Fsp3) is 0.231. The normalized spacial score (nSPS) is 9.29. The minimum absolute atomic E-state index is 0.194. The number of amides is 1. The van der Waals surface area contributed by atoms with Gasteiger partial charge >= 0.3 is 0 Å². The summed E-state index contributed by atoms with van der Waals surface area (Å²) < 4.78 is 0. The molecule has 0 spiro atoms. The molecule has 1 amide bonds. The van der Waals surface area contributed by atoms with Gasteiger partial charge in [0.05, 0.1) is 0 Å². The minimum atomic E-state index is -0.194. The van der Waals surface area contributed by atoms with Gasteiger partial charge in [0.25, 0.3) is 5.91 Å². The van der Waals surface area contributed by atoms with Crippen LogP contribution in [-0.4, -0.2) is 17.6 Å². The third-order valence-corrected chi connectivity index (χ3v) is 2.28. The van der Waals surface area contributed by atoms with Crippen LogP contribution < -0.4 is 10.6 Å². The average Bonchev–Trinajstić information content (AvgIpc) is 2.29. The van der Waals surface area contributed by atoms with Crippen LogP contribution in [0, 0.1) is 0 Å². The molecular formula is C13H16N2OS. The second-order valence-corrected chi connectivity index (χ2v) is 4.22. The van der Waals surface area contributed by atoms with Gasteiger partial charge in [-0.2, -0.15) is 0 Å². The van der Waals surface area contributed by atoms with Crippen molar-refractivity contribution in [1.29, 1.82) is 0 Å². The number of hydrogen-bond acceptors (Lipinski definition) is 2. The Hall–Kier alpha value is -1.68. The Morgan fingerprint density at radius 3 is 2.53 bits per heavy atom. The molecule has 0 radical (unpaired) electrons. The number of nitrogens with one attached hydrogen (secondary N) is 2. The highest BCUT2D eigenvalue weighted by Crippen LogP contribution is 1.97. The highest BCUT2D eigenvalue weighted by Gasteiger charge is 2.05. The van der Waals surface area contributed by atoms with Crippen molar-refractivity contribution < 1.29 is 4.79 Å². The molecule has 0 aliphatic heterocycles. The van der Waals surface area contributed by atoms with Gasteiger partial charge in [-0.05, 0) is 38.2 Å². The van der Waals surface area contributed by atoms with Crippen LogP contribution in [0.5, 0.6) is 0 Å². The van der Waals surface area contributed by atoms with Crippen molar-refractivity contribution in [2.24, 2.45) is 0 Å². The maximum absolute atomic E-state index is 11.7. The first-order valence-electron chi connectivity index (χ1n) is 5.37. The van der Waals surface area contributed by atoms with Crippen LogP contribution in [0.15, 0.2) is 42.0 Å². The van der Waals surface area contributed by atoms with E-state index in [1.54, 1.807) is 12.1 Å².